The minimum atomic E-state index is 0.229. The molecule has 3 unspecified atom stereocenters. The van der Waals surface area contributed by atoms with Crippen molar-refractivity contribution in [3.8, 4) is 11.4 Å². The first-order valence-electron chi connectivity index (χ1n) is 14.9. The lowest BCUT2D eigenvalue weighted by Crippen LogP contribution is -2.48. The number of nitrogens with zero attached hydrogens (tertiary/aromatic N) is 2. The normalized spacial score (nSPS) is 31.1. The van der Waals surface area contributed by atoms with Crippen molar-refractivity contribution in [3.63, 3.8) is 0 Å². The van der Waals surface area contributed by atoms with Crippen molar-refractivity contribution >= 4 is 15.9 Å². The first-order chi connectivity index (χ1) is 17.3. The molecule has 3 fully saturated rings. The summed E-state index contributed by atoms with van der Waals surface area (Å²) in [6.45, 7) is 10.0. The molecule has 1 aromatic carbocycles. The predicted octanol–water partition coefficient (Wildman–Crippen LogP) is 9.83. The van der Waals surface area contributed by atoms with Crippen LogP contribution in [0.2, 0.25) is 0 Å². The van der Waals surface area contributed by atoms with Crippen LogP contribution in [0.4, 0.5) is 0 Å². The SMILES string of the molecule is Cc1ccc(-c2n[nH]c(C(Br)CC3C(C4(C)CCCCC4)CC(C)CC3C3(C)CCCCC3)n2)cc1. The van der Waals surface area contributed by atoms with Crippen molar-refractivity contribution in [2.24, 2.45) is 34.5 Å². The molecule has 1 heterocycles. The second-order valence-corrected chi connectivity index (χ2v) is 14.6. The largest absolute Gasteiger partial charge is 0.262 e. The van der Waals surface area contributed by atoms with Crippen LogP contribution in [-0.4, -0.2) is 15.2 Å². The van der Waals surface area contributed by atoms with E-state index in [9.17, 15) is 0 Å². The van der Waals surface area contributed by atoms with Crippen LogP contribution in [0.15, 0.2) is 24.3 Å². The Kier molecular flexibility index (Phi) is 8.01. The van der Waals surface area contributed by atoms with Crippen LogP contribution in [0, 0.1) is 41.4 Å². The van der Waals surface area contributed by atoms with E-state index in [1.165, 1.54) is 89.0 Å². The number of benzene rings is 1. The maximum atomic E-state index is 4.99. The van der Waals surface area contributed by atoms with Gasteiger partial charge in [-0.2, -0.15) is 5.10 Å². The highest BCUT2D eigenvalue weighted by Crippen LogP contribution is 2.60. The number of alkyl halides is 1. The predicted molar refractivity (Wildman–Crippen MR) is 154 cm³/mol. The number of hydrogen-bond acceptors (Lipinski definition) is 2. The van der Waals surface area contributed by atoms with Crippen LogP contribution in [0.3, 0.4) is 0 Å². The first kappa shape index (κ1) is 26.4. The minimum Gasteiger partial charge on any atom is -0.262 e. The summed E-state index contributed by atoms with van der Waals surface area (Å²) in [7, 11) is 0. The Hall–Kier alpha value is -1.16. The molecule has 3 aliphatic carbocycles. The fourth-order valence-corrected chi connectivity index (χ4v) is 9.22. The molecule has 3 atom stereocenters. The highest BCUT2D eigenvalue weighted by atomic mass is 79.9. The monoisotopic (exact) mass is 553 g/mol. The van der Waals surface area contributed by atoms with Crippen molar-refractivity contribution in [3.05, 3.63) is 35.7 Å². The van der Waals surface area contributed by atoms with Crippen molar-refractivity contribution in [2.45, 2.75) is 116 Å². The van der Waals surface area contributed by atoms with E-state index >= 15 is 0 Å². The Labute approximate surface area is 228 Å². The Morgan fingerprint density at radius 1 is 0.889 bits per heavy atom. The summed E-state index contributed by atoms with van der Waals surface area (Å²) in [6, 6.07) is 8.55. The third-order valence-electron chi connectivity index (χ3n) is 10.7. The number of aromatic nitrogens is 3. The third-order valence-corrected chi connectivity index (χ3v) is 11.5. The molecular formula is C32H48BrN3. The van der Waals surface area contributed by atoms with Gasteiger partial charge in [-0.05, 0) is 86.4 Å². The number of halogens is 1. The number of rotatable bonds is 6. The first-order valence-corrected chi connectivity index (χ1v) is 15.8. The summed E-state index contributed by atoms with van der Waals surface area (Å²) in [5.41, 5.74) is 3.36. The average Bonchev–Trinajstić information content (AvgIpc) is 3.37. The molecule has 3 nitrogen and oxygen atoms in total. The van der Waals surface area contributed by atoms with Gasteiger partial charge in [-0.25, -0.2) is 4.98 Å². The molecule has 0 aliphatic heterocycles. The molecule has 1 N–H and O–H groups in total. The summed E-state index contributed by atoms with van der Waals surface area (Å²) in [4.78, 5) is 5.22. The Balaban J connectivity index is 1.43. The summed E-state index contributed by atoms with van der Waals surface area (Å²) in [5.74, 6) is 5.07. The molecule has 3 saturated carbocycles. The van der Waals surface area contributed by atoms with Crippen LogP contribution in [0.25, 0.3) is 11.4 Å². The van der Waals surface area contributed by atoms with E-state index in [1.54, 1.807) is 0 Å². The molecule has 2 aromatic rings. The molecule has 0 amide bonds. The van der Waals surface area contributed by atoms with E-state index in [2.05, 4.69) is 78.1 Å². The van der Waals surface area contributed by atoms with Crippen molar-refractivity contribution in [2.75, 3.05) is 0 Å². The van der Waals surface area contributed by atoms with E-state index in [0.717, 1.165) is 40.9 Å². The van der Waals surface area contributed by atoms with Crippen molar-refractivity contribution in [1.29, 1.82) is 0 Å². The highest BCUT2D eigenvalue weighted by molar-refractivity contribution is 9.09. The van der Waals surface area contributed by atoms with E-state index in [4.69, 9.17) is 4.98 Å². The van der Waals surface area contributed by atoms with Crippen molar-refractivity contribution in [1.82, 2.24) is 15.2 Å². The number of nitrogens with one attached hydrogen (secondary N) is 1. The smallest absolute Gasteiger partial charge is 0.181 e. The van der Waals surface area contributed by atoms with Gasteiger partial charge in [0.1, 0.15) is 5.82 Å². The number of hydrogen-bond donors (Lipinski definition) is 1. The molecule has 0 spiro atoms. The van der Waals surface area contributed by atoms with Crippen LogP contribution in [-0.2, 0) is 0 Å². The molecule has 1 aromatic heterocycles. The van der Waals surface area contributed by atoms with Crippen LogP contribution < -0.4 is 0 Å². The van der Waals surface area contributed by atoms with Gasteiger partial charge in [0.05, 0.1) is 4.83 Å². The summed E-state index contributed by atoms with van der Waals surface area (Å²) in [5, 5.41) is 7.94. The lowest BCUT2D eigenvalue weighted by molar-refractivity contribution is -0.0650. The zero-order valence-corrected chi connectivity index (χ0v) is 24.7. The van der Waals surface area contributed by atoms with Gasteiger partial charge in [-0.15, -0.1) is 0 Å². The maximum absolute atomic E-state index is 4.99. The van der Waals surface area contributed by atoms with Gasteiger partial charge >= 0.3 is 0 Å². The molecule has 0 bridgehead atoms. The zero-order chi connectivity index (χ0) is 25.3. The fourth-order valence-electron chi connectivity index (χ4n) is 8.58. The second kappa shape index (κ2) is 10.9. The van der Waals surface area contributed by atoms with Crippen molar-refractivity contribution < 1.29 is 0 Å². The van der Waals surface area contributed by atoms with Gasteiger partial charge in [-0.3, -0.25) is 5.10 Å². The molecule has 5 rings (SSSR count). The topological polar surface area (TPSA) is 41.6 Å². The number of aromatic amines is 1. The van der Waals surface area contributed by atoms with Gasteiger partial charge in [0, 0.05) is 5.56 Å². The molecule has 0 radical (unpaired) electrons. The Bertz CT molecular complexity index is 949. The van der Waals surface area contributed by atoms with E-state index in [-0.39, 0.29) is 4.83 Å². The van der Waals surface area contributed by atoms with Crippen LogP contribution in [0.1, 0.15) is 120 Å². The molecule has 4 heteroatoms. The van der Waals surface area contributed by atoms with Gasteiger partial charge in [-0.1, -0.05) is 105 Å². The Morgan fingerprint density at radius 2 is 1.42 bits per heavy atom. The quantitative estimate of drug-likeness (QED) is 0.361. The van der Waals surface area contributed by atoms with Gasteiger partial charge in [0.25, 0.3) is 0 Å². The number of H-pyrrole nitrogens is 1. The molecular weight excluding hydrogens is 506 g/mol. The fraction of sp³-hybridized carbons (Fsp3) is 0.750. The molecule has 36 heavy (non-hydrogen) atoms. The van der Waals surface area contributed by atoms with Crippen LogP contribution in [0.5, 0.6) is 0 Å². The summed E-state index contributed by atoms with van der Waals surface area (Å²) < 4.78 is 0. The second-order valence-electron chi connectivity index (χ2n) is 13.5. The van der Waals surface area contributed by atoms with E-state index in [0.29, 0.717) is 10.8 Å². The lowest BCUT2D eigenvalue weighted by Gasteiger charge is -2.56. The minimum absolute atomic E-state index is 0.229. The lowest BCUT2D eigenvalue weighted by atomic mass is 9.49. The van der Waals surface area contributed by atoms with E-state index < -0.39 is 0 Å². The van der Waals surface area contributed by atoms with Gasteiger partial charge in [0.2, 0.25) is 0 Å². The molecule has 0 saturated heterocycles. The molecule has 3 aliphatic rings. The average molecular weight is 555 g/mol. The van der Waals surface area contributed by atoms with Crippen LogP contribution >= 0.6 is 15.9 Å². The zero-order valence-electron chi connectivity index (χ0n) is 23.2. The summed E-state index contributed by atoms with van der Waals surface area (Å²) >= 11 is 4.14. The standard InChI is InChI=1S/C32H48BrN3/c1-22-11-13-24(14-12-22)29-34-30(36-35-29)28(33)21-25-26(31(3)15-7-5-8-16-31)19-23(2)20-27(25)32(4)17-9-6-10-18-32/h11-14,23,25-28H,5-10,15-21H2,1-4H3,(H,34,35,36). The highest BCUT2D eigenvalue weighted by Gasteiger charge is 2.51. The molecule has 198 valence electrons. The van der Waals surface area contributed by atoms with Gasteiger partial charge in [0.15, 0.2) is 5.82 Å². The van der Waals surface area contributed by atoms with E-state index in [1.807, 2.05) is 0 Å². The maximum Gasteiger partial charge on any atom is 0.181 e. The Morgan fingerprint density at radius 3 is 1.94 bits per heavy atom. The number of aryl methyl sites for hydroxylation is 1. The van der Waals surface area contributed by atoms with Gasteiger partial charge < -0.3 is 0 Å². The summed E-state index contributed by atoms with van der Waals surface area (Å²) in [6.07, 6.45) is 18.3. The third kappa shape index (κ3) is 5.49.